The molecule has 0 saturated heterocycles. The van der Waals surface area contributed by atoms with Gasteiger partial charge < -0.3 is 5.32 Å². The number of hydrogen-bond donors (Lipinski definition) is 1. The van der Waals surface area contributed by atoms with E-state index in [9.17, 15) is 0 Å². The first kappa shape index (κ1) is 16.0. The van der Waals surface area contributed by atoms with Crippen molar-refractivity contribution in [2.24, 2.45) is 0 Å². The third-order valence-electron chi connectivity index (χ3n) is 3.15. The molecule has 1 aromatic carbocycles. The Kier molecular flexibility index (Phi) is 6.56. The Labute approximate surface area is 138 Å². The van der Waals surface area contributed by atoms with Crippen LogP contribution in [-0.4, -0.2) is 12.6 Å². The van der Waals surface area contributed by atoms with Gasteiger partial charge in [0, 0.05) is 15.9 Å². The van der Waals surface area contributed by atoms with Crippen LogP contribution >= 0.6 is 38.9 Å². The van der Waals surface area contributed by atoms with Crippen LogP contribution < -0.4 is 5.32 Å². The van der Waals surface area contributed by atoms with Crippen molar-refractivity contribution in [3.8, 4) is 0 Å². The van der Waals surface area contributed by atoms with E-state index in [0.29, 0.717) is 6.04 Å². The van der Waals surface area contributed by atoms with Crippen molar-refractivity contribution in [2.75, 3.05) is 6.54 Å². The molecule has 0 amide bonds. The highest BCUT2D eigenvalue weighted by Gasteiger charge is 2.11. The van der Waals surface area contributed by atoms with Gasteiger partial charge in [0.05, 0.1) is 3.79 Å². The van der Waals surface area contributed by atoms with Crippen LogP contribution in [0.25, 0.3) is 0 Å². The number of halogens is 2. The van der Waals surface area contributed by atoms with Gasteiger partial charge in [-0.05, 0) is 71.6 Å². The summed E-state index contributed by atoms with van der Waals surface area (Å²) in [6.45, 7) is 3.26. The molecule has 1 atom stereocenters. The SMILES string of the molecule is CCCNC(Cc1ccc(Cl)cc1)Cc1ccc(Br)s1. The maximum absolute atomic E-state index is 5.95. The van der Waals surface area contributed by atoms with Gasteiger partial charge in [-0.2, -0.15) is 0 Å². The Morgan fingerprint density at radius 2 is 1.90 bits per heavy atom. The molecular weight excluding hydrogens is 354 g/mol. The standard InChI is InChI=1S/C16H19BrClNS/c1-2-9-19-14(11-15-7-8-16(17)20-15)10-12-3-5-13(18)6-4-12/h3-8,14,19H,2,9-11H2,1H3. The first-order valence-electron chi connectivity index (χ1n) is 6.89. The van der Waals surface area contributed by atoms with E-state index in [1.165, 1.54) is 14.2 Å². The van der Waals surface area contributed by atoms with Crippen LogP contribution in [0.15, 0.2) is 40.2 Å². The van der Waals surface area contributed by atoms with Crippen LogP contribution in [0, 0.1) is 0 Å². The lowest BCUT2D eigenvalue weighted by atomic mass is 10.0. The zero-order valence-electron chi connectivity index (χ0n) is 11.5. The van der Waals surface area contributed by atoms with Gasteiger partial charge in [0.2, 0.25) is 0 Å². The smallest absolute Gasteiger partial charge is 0.0701 e. The predicted molar refractivity (Wildman–Crippen MR) is 93.0 cm³/mol. The minimum absolute atomic E-state index is 0.474. The van der Waals surface area contributed by atoms with Gasteiger partial charge in [0.1, 0.15) is 0 Å². The fourth-order valence-corrected chi connectivity index (χ4v) is 3.86. The fourth-order valence-electron chi connectivity index (χ4n) is 2.17. The Hall–Kier alpha value is -0.350. The molecule has 0 saturated carbocycles. The number of benzene rings is 1. The van der Waals surface area contributed by atoms with Gasteiger partial charge >= 0.3 is 0 Å². The summed E-state index contributed by atoms with van der Waals surface area (Å²) in [4.78, 5) is 1.42. The normalized spacial score (nSPS) is 12.6. The molecule has 4 heteroatoms. The Balaban J connectivity index is 2.00. The van der Waals surface area contributed by atoms with Crippen molar-refractivity contribution < 1.29 is 0 Å². The Bertz CT molecular complexity index is 524. The molecule has 1 heterocycles. The van der Waals surface area contributed by atoms with Gasteiger partial charge in [-0.1, -0.05) is 30.7 Å². The molecule has 1 N–H and O–H groups in total. The second kappa shape index (κ2) is 8.18. The number of thiophene rings is 1. The molecule has 2 rings (SSSR count). The molecule has 0 spiro atoms. The molecule has 1 nitrogen and oxygen atoms in total. The third-order valence-corrected chi connectivity index (χ3v) is 5.05. The van der Waals surface area contributed by atoms with Gasteiger partial charge in [0.15, 0.2) is 0 Å². The van der Waals surface area contributed by atoms with E-state index in [1.54, 1.807) is 0 Å². The van der Waals surface area contributed by atoms with Crippen LogP contribution in [0.3, 0.4) is 0 Å². The molecular formula is C16H19BrClNS. The van der Waals surface area contributed by atoms with Gasteiger partial charge in [-0.15, -0.1) is 11.3 Å². The largest absolute Gasteiger partial charge is 0.313 e. The van der Waals surface area contributed by atoms with Crippen LogP contribution in [0.4, 0.5) is 0 Å². The average Bonchev–Trinajstić information content (AvgIpc) is 2.84. The minimum Gasteiger partial charge on any atom is -0.313 e. The molecule has 0 aliphatic heterocycles. The van der Waals surface area contributed by atoms with E-state index >= 15 is 0 Å². The van der Waals surface area contributed by atoms with Gasteiger partial charge in [-0.3, -0.25) is 0 Å². The molecule has 1 unspecified atom stereocenters. The third kappa shape index (κ3) is 5.21. The minimum atomic E-state index is 0.474. The molecule has 0 bridgehead atoms. The monoisotopic (exact) mass is 371 g/mol. The lowest BCUT2D eigenvalue weighted by Gasteiger charge is -2.18. The highest BCUT2D eigenvalue weighted by molar-refractivity contribution is 9.11. The zero-order chi connectivity index (χ0) is 14.4. The van der Waals surface area contributed by atoms with E-state index in [2.05, 4.69) is 52.4 Å². The van der Waals surface area contributed by atoms with E-state index in [1.807, 2.05) is 23.5 Å². The summed E-state index contributed by atoms with van der Waals surface area (Å²) < 4.78 is 1.20. The summed E-state index contributed by atoms with van der Waals surface area (Å²) in [5.74, 6) is 0. The molecule has 0 aliphatic rings. The fraction of sp³-hybridized carbons (Fsp3) is 0.375. The molecule has 108 valence electrons. The maximum Gasteiger partial charge on any atom is 0.0701 e. The van der Waals surface area contributed by atoms with Crippen LogP contribution in [0.2, 0.25) is 5.02 Å². The Morgan fingerprint density at radius 3 is 2.50 bits per heavy atom. The lowest BCUT2D eigenvalue weighted by molar-refractivity contribution is 0.507. The van der Waals surface area contributed by atoms with E-state index in [-0.39, 0.29) is 0 Å². The van der Waals surface area contributed by atoms with Crippen LogP contribution in [0.1, 0.15) is 23.8 Å². The second-order valence-corrected chi connectivity index (χ2v) is 7.88. The predicted octanol–water partition coefficient (Wildman–Crippen LogP) is 5.32. The summed E-state index contributed by atoms with van der Waals surface area (Å²) in [6.07, 6.45) is 3.26. The highest BCUT2D eigenvalue weighted by Crippen LogP contribution is 2.24. The number of hydrogen-bond acceptors (Lipinski definition) is 2. The van der Waals surface area contributed by atoms with Crippen molar-refractivity contribution in [1.29, 1.82) is 0 Å². The topological polar surface area (TPSA) is 12.0 Å². The van der Waals surface area contributed by atoms with Crippen molar-refractivity contribution >= 4 is 38.9 Å². The summed E-state index contributed by atoms with van der Waals surface area (Å²) in [7, 11) is 0. The summed E-state index contributed by atoms with van der Waals surface area (Å²) in [5.41, 5.74) is 1.33. The van der Waals surface area contributed by atoms with E-state index in [0.717, 1.165) is 30.8 Å². The van der Waals surface area contributed by atoms with E-state index < -0.39 is 0 Å². The first-order chi connectivity index (χ1) is 9.67. The average molecular weight is 373 g/mol. The van der Waals surface area contributed by atoms with Crippen LogP contribution in [0.5, 0.6) is 0 Å². The van der Waals surface area contributed by atoms with Gasteiger partial charge in [0.25, 0.3) is 0 Å². The quantitative estimate of drug-likeness (QED) is 0.694. The maximum atomic E-state index is 5.95. The summed E-state index contributed by atoms with van der Waals surface area (Å²) in [6, 6.07) is 13.0. The zero-order valence-corrected chi connectivity index (χ0v) is 14.7. The van der Waals surface area contributed by atoms with E-state index in [4.69, 9.17) is 11.6 Å². The molecule has 2 aromatic rings. The van der Waals surface area contributed by atoms with Crippen molar-refractivity contribution in [3.63, 3.8) is 0 Å². The molecule has 0 radical (unpaired) electrons. The van der Waals surface area contributed by atoms with Crippen molar-refractivity contribution in [1.82, 2.24) is 5.32 Å². The summed E-state index contributed by atoms with van der Waals surface area (Å²) >= 11 is 11.3. The summed E-state index contributed by atoms with van der Waals surface area (Å²) in [5, 5.41) is 4.45. The highest BCUT2D eigenvalue weighted by atomic mass is 79.9. The molecule has 0 fully saturated rings. The number of rotatable bonds is 7. The Morgan fingerprint density at radius 1 is 1.15 bits per heavy atom. The lowest BCUT2D eigenvalue weighted by Crippen LogP contribution is -2.33. The molecule has 0 aliphatic carbocycles. The van der Waals surface area contributed by atoms with Crippen molar-refractivity contribution in [3.05, 3.63) is 55.6 Å². The molecule has 1 aromatic heterocycles. The molecule has 20 heavy (non-hydrogen) atoms. The first-order valence-corrected chi connectivity index (χ1v) is 8.88. The van der Waals surface area contributed by atoms with Crippen molar-refractivity contribution in [2.45, 2.75) is 32.2 Å². The van der Waals surface area contributed by atoms with Crippen LogP contribution in [-0.2, 0) is 12.8 Å². The number of nitrogens with one attached hydrogen (secondary N) is 1. The van der Waals surface area contributed by atoms with Gasteiger partial charge in [-0.25, -0.2) is 0 Å². The second-order valence-electron chi connectivity index (χ2n) is 4.89.